The van der Waals surface area contributed by atoms with Crippen molar-refractivity contribution in [1.82, 2.24) is 0 Å². The summed E-state index contributed by atoms with van der Waals surface area (Å²) in [5.74, 6) is -1.20. The summed E-state index contributed by atoms with van der Waals surface area (Å²) in [6, 6.07) is 0. The van der Waals surface area contributed by atoms with Gasteiger partial charge in [-0.3, -0.25) is 9.59 Å². The molecule has 6 heteroatoms. The number of likely N-dealkylation sites (N-methyl/N-ethyl adjacent to an activating group) is 1. The molecular formula is C23H47ClNO4+. The number of nitrogens with zero attached hydrogens (tertiary/aromatic N) is 1. The van der Waals surface area contributed by atoms with Crippen molar-refractivity contribution in [3.05, 3.63) is 0 Å². The average Bonchev–Trinajstić information content (AvgIpc) is 2.57. The minimum atomic E-state index is -0.915. The van der Waals surface area contributed by atoms with E-state index in [4.69, 9.17) is 4.74 Å². The highest BCUT2D eigenvalue weighted by molar-refractivity contribution is 5.85. The highest BCUT2D eigenvalue weighted by Crippen LogP contribution is 2.22. The van der Waals surface area contributed by atoms with E-state index >= 15 is 0 Å². The van der Waals surface area contributed by atoms with Crippen molar-refractivity contribution in [3.8, 4) is 0 Å². The second-order valence-corrected chi connectivity index (χ2v) is 9.23. The van der Waals surface area contributed by atoms with Crippen molar-refractivity contribution >= 4 is 24.3 Å². The molecule has 0 radical (unpaired) electrons. The van der Waals surface area contributed by atoms with Gasteiger partial charge in [-0.2, -0.15) is 0 Å². The molecule has 0 aliphatic rings. The number of quaternary nitrogens is 1. The van der Waals surface area contributed by atoms with Gasteiger partial charge in [-0.15, -0.1) is 12.4 Å². The van der Waals surface area contributed by atoms with Gasteiger partial charge in [0.15, 0.2) is 6.10 Å². The Morgan fingerprint density at radius 3 is 1.72 bits per heavy atom. The number of carboxylic acids is 1. The van der Waals surface area contributed by atoms with Crippen LogP contribution in [0.2, 0.25) is 0 Å². The fourth-order valence-electron chi connectivity index (χ4n) is 3.58. The molecule has 0 aromatic heterocycles. The summed E-state index contributed by atoms with van der Waals surface area (Å²) in [7, 11) is 5.96. The smallest absolute Gasteiger partial charge is 0.309 e. The van der Waals surface area contributed by atoms with Gasteiger partial charge in [0.1, 0.15) is 6.54 Å². The lowest BCUT2D eigenvalue weighted by Gasteiger charge is -2.29. The summed E-state index contributed by atoms with van der Waals surface area (Å²) in [5, 5.41) is 9.18. The highest BCUT2D eigenvalue weighted by atomic mass is 35.5. The maximum atomic E-state index is 12.8. The van der Waals surface area contributed by atoms with Crippen LogP contribution in [0, 0.1) is 5.92 Å². The Hall–Kier alpha value is -0.810. The monoisotopic (exact) mass is 436 g/mol. The first-order chi connectivity index (χ1) is 13.2. The second-order valence-electron chi connectivity index (χ2n) is 9.23. The van der Waals surface area contributed by atoms with Crippen molar-refractivity contribution < 1.29 is 23.9 Å². The van der Waals surface area contributed by atoms with E-state index in [9.17, 15) is 14.7 Å². The van der Waals surface area contributed by atoms with Crippen LogP contribution in [0.3, 0.4) is 0 Å². The number of hydrogen-bond acceptors (Lipinski definition) is 3. The van der Waals surface area contributed by atoms with Gasteiger partial charge in [0.05, 0.1) is 33.5 Å². The number of esters is 1. The Morgan fingerprint density at radius 2 is 1.28 bits per heavy atom. The van der Waals surface area contributed by atoms with Gasteiger partial charge in [-0.05, 0) is 12.8 Å². The zero-order valence-electron chi connectivity index (χ0n) is 19.6. The van der Waals surface area contributed by atoms with Crippen molar-refractivity contribution in [2.24, 2.45) is 5.92 Å². The molecule has 0 saturated carbocycles. The summed E-state index contributed by atoms with van der Waals surface area (Å²) >= 11 is 0. The van der Waals surface area contributed by atoms with Gasteiger partial charge in [0.2, 0.25) is 0 Å². The molecule has 0 aromatic rings. The maximum absolute atomic E-state index is 12.8. The van der Waals surface area contributed by atoms with E-state index in [0.29, 0.717) is 11.0 Å². The molecule has 0 rings (SSSR count). The van der Waals surface area contributed by atoms with Gasteiger partial charge >= 0.3 is 11.9 Å². The Balaban J connectivity index is 0. The molecule has 0 fully saturated rings. The zero-order chi connectivity index (χ0) is 21.4. The molecule has 5 nitrogen and oxygen atoms in total. The SMILES string of the molecule is CCCCCCCCC(CCCCCC)C(=O)O[C@@H](CC(=O)O)C[N+](C)(C)C.Cl. The van der Waals surface area contributed by atoms with E-state index in [-0.39, 0.29) is 30.7 Å². The quantitative estimate of drug-likeness (QED) is 0.166. The fraction of sp³-hybridized carbons (Fsp3) is 0.913. The third kappa shape index (κ3) is 18.9. The van der Waals surface area contributed by atoms with Gasteiger partial charge in [0, 0.05) is 0 Å². The van der Waals surface area contributed by atoms with E-state index in [1.165, 1.54) is 38.5 Å². The van der Waals surface area contributed by atoms with Gasteiger partial charge in [-0.25, -0.2) is 0 Å². The Bertz CT molecular complexity index is 424. The Morgan fingerprint density at radius 1 is 0.828 bits per heavy atom. The van der Waals surface area contributed by atoms with Crippen LogP contribution in [0.15, 0.2) is 0 Å². The summed E-state index contributed by atoms with van der Waals surface area (Å²) in [6.07, 6.45) is 12.8. The molecule has 0 aliphatic carbocycles. The molecule has 0 aliphatic heterocycles. The summed E-state index contributed by atoms with van der Waals surface area (Å²) < 4.78 is 6.29. The average molecular weight is 437 g/mol. The van der Waals surface area contributed by atoms with Crippen LogP contribution in [0.1, 0.15) is 97.3 Å². The predicted octanol–water partition coefficient (Wildman–Crippen LogP) is 5.84. The van der Waals surface area contributed by atoms with Crippen LogP contribution >= 0.6 is 12.4 Å². The third-order valence-electron chi connectivity index (χ3n) is 5.08. The number of aliphatic carboxylic acids is 1. The molecule has 0 amide bonds. The minimum absolute atomic E-state index is 0. The number of halogens is 1. The van der Waals surface area contributed by atoms with Crippen molar-refractivity contribution in [1.29, 1.82) is 0 Å². The molecular weight excluding hydrogens is 390 g/mol. The van der Waals surface area contributed by atoms with Gasteiger partial charge < -0.3 is 14.3 Å². The molecule has 1 unspecified atom stereocenters. The van der Waals surface area contributed by atoms with Crippen molar-refractivity contribution in [3.63, 3.8) is 0 Å². The lowest BCUT2D eigenvalue weighted by Crippen LogP contribution is -2.44. The standard InChI is InChI=1S/C23H45NO4.ClH/c1-6-8-10-12-13-15-17-20(16-14-11-9-7-2)23(27)28-21(18-22(25)26)19-24(3,4)5;/h20-21H,6-19H2,1-5H3;1H/p+1/t20?,21-;/m0./s1. The normalized spacial score (nSPS) is 13.4. The first-order valence-electron chi connectivity index (χ1n) is 11.4. The molecule has 0 bridgehead atoms. The lowest BCUT2D eigenvalue weighted by atomic mass is 9.94. The Kier molecular flexibility index (Phi) is 18.9. The first kappa shape index (κ1) is 30.4. The van der Waals surface area contributed by atoms with Gasteiger partial charge in [-0.1, -0.05) is 78.1 Å². The van der Waals surface area contributed by atoms with Gasteiger partial charge in [0.25, 0.3) is 0 Å². The van der Waals surface area contributed by atoms with E-state index in [2.05, 4.69) is 13.8 Å². The highest BCUT2D eigenvalue weighted by Gasteiger charge is 2.28. The van der Waals surface area contributed by atoms with Crippen molar-refractivity contribution in [2.75, 3.05) is 27.7 Å². The largest absolute Gasteiger partial charge is 0.481 e. The molecule has 2 atom stereocenters. The molecule has 1 N–H and O–H groups in total. The van der Waals surface area contributed by atoms with Crippen molar-refractivity contribution in [2.45, 2.75) is 103 Å². The third-order valence-corrected chi connectivity index (χ3v) is 5.08. The molecule has 29 heavy (non-hydrogen) atoms. The van der Waals surface area contributed by atoms with E-state index < -0.39 is 12.1 Å². The number of carbonyl (C=O) groups is 2. The number of carbonyl (C=O) groups excluding carboxylic acids is 1. The van der Waals surface area contributed by atoms with Crippen LogP contribution in [-0.2, 0) is 14.3 Å². The summed E-state index contributed by atoms with van der Waals surface area (Å²) in [6.45, 7) is 4.91. The number of rotatable bonds is 18. The van der Waals surface area contributed by atoms with E-state index in [1.807, 2.05) is 21.1 Å². The van der Waals surface area contributed by atoms with E-state index in [1.54, 1.807) is 0 Å². The molecule has 0 heterocycles. The number of carboxylic acid groups (broad SMARTS) is 1. The first-order valence-corrected chi connectivity index (χ1v) is 11.4. The van der Waals surface area contributed by atoms with Crippen LogP contribution in [0.5, 0.6) is 0 Å². The predicted molar refractivity (Wildman–Crippen MR) is 123 cm³/mol. The Labute approximate surface area is 185 Å². The van der Waals surface area contributed by atoms with Crippen LogP contribution in [-0.4, -0.2) is 55.3 Å². The second kappa shape index (κ2) is 18.0. The van der Waals surface area contributed by atoms with Crippen LogP contribution in [0.4, 0.5) is 0 Å². The number of hydrogen-bond donors (Lipinski definition) is 1. The lowest BCUT2D eigenvalue weighted by molar-refractivity contribution is -0.873. The molecule has 0 aromatic carbocycles. The minimum Gasteiger partial charge on any atom is -0.481 e. The number of unbranched alkanes of at least 4 members (excludes halogenated alkanes) is 8. The zero-order valence-corrected chi connectivity index (χ0v) is 20.4. The fourth-order valence-corrected chi connectivity index (χ4v) is 3.58. The van der Waals surface area contributed by atoms with Crippen LogP contribution in [0.25, 0.3) is 0 Å². The molecule has 174 valence electrons. The molecule has 0 spiro atoms. The summed E-state index contributed by atoms with van der Waals surface area (Å²) in [5.41, 5.74) is 0. The summed E-state index contributed by atoms with van der Waals surface area (Å²) in [4.78, 5) is 24.0. The van der Waals surface area contributed by atoms with Crippen LogP contribution < -0.4 is 0 Å². The molecule has 0 saturated heterocycles. The topological polar surface area (TPSA) is 63.6 Å². The maximum Gasteiger partial charge on any atom is 0.309 e. The number of ether oxygens (including phenoxy) is 1. The van der Waals surface area contributed by atoms with E-state index in [0.717, 1.165) is 38.5 Å².